The van der Waals surface area contributed by atoms with Crippen LogP contribution >= 0.6 is 0 Å². The summed E-state index contributed by atoms with van der Waals surface area (Å²) in [4.78, 5) is 2.87. The first kappa shape index (κ1) is 20.1. The lowest BCUT2D eigenvalue weighted by molar-refractivity contribution is 0.589. The molecule has 0 N–H and O–H groups in total. The van der Waals surface area contributed by atoms with Crippen LogP contribution in [0.4, 0.5) is 0 Å². The minimum absolute atomic E-state index is 0.0613. The average Bonchev–Trinajstić information content (AvgIpc) is 2.45. The molecular formula is C24H35S+. The molecule has 0 atom stereocenters. The van der Waals surface area contributed by atoms with Crippen LogP contribution in [0, 0.1) is 0 Å². The zero-order valence-electron chi connectivity index (χ0n) is 17.5. The zero-order chi connectivity index (χ0) is 19.0. The second-order valence-electron chi connectivity index (χ2n) is 9.97. The van der Waals surface area contributed by atoms with Gasteiger partial charge in [-0.05, 0) is 67.0 Å². The van der Waals surface area contributed by atoms with Crippen LogP contribution in [0.5, 0.6) is 0 Å². The quantitative estimate of drug-likeness (QED) is 0.503. The molecule has 0 aromatic heterocycles. The fourth-order valence-corrected chi connectivity index (χ4v) is 5.53. The lowest BCUT2D eigenvalue weighted by atomic mass is 9.87. The summed E-state index contributed by atoms with van der Waals surface area (Å²) >= 11 is 0. The van der Waals surface area contributed by atoms with E-state index in [1.807, 2.05) is 0 Å². The summed E-state index contributed by atoms with van der Waals surface area (Å²) in [5.74, 6) is 0. The van der Waals surface area contributed by atoms with Gasteiger partial charge in [0.25, 0.3) is 0 Å². The summed E-state index contributed by atoms with van der Waals surface area (Å²) in [6.45, 7) is 20.7. The van der Waals surface area contributed by atoms with Gasteiger partial charge >= 0.3 is 0 Å². The molecule has 2 aromatic rings. The van der Waals surface area contributed by atoms with Crippen molar-refractivity contribution in [3.63, 3.8) is 0 Å². The van der Waals surface area contributed by atoms with Gasteiger partial charge in [0.15, 0.2) is 9.79 Å². The summed E-state index contributed by atoms with van der Waals surface area (Å²) in [5.41, 5.74) is 3.20. The molecule has 0 fully saturated rings. The van der Waals surface area contributed by atoms with Crippen molar-refractivity contribution in [3.05, 3.63) is 59.7 Å². The predicted octanol–water partition coefficient (Wildman–Crippen LogP) is 7.12. The Bertz CT molecular complexity index is 629. The van der Waals surface area contributed by atoms with Crippen molar-refractivity contribution in [1.82, 2.24) is 0 Å². The highest BCUT2D eigenvalue weighted by Crippen LogP contribution is 2.36. The van der Waals surface area contributed by atoms with Crippen molar-refractivity contribution in [3.8, 4) is 0 Å². The molecule has 0 spiro atoms. The molecule has 0 unspecified atom stereocenters. The van der Waals surface area contributed by atoms with Gasteiger partial charge in [-0.25, -0.2) is 0 Å². The van der Waals surface area contributed by atoms with Gasteiger partial charge in [0.1, 0.15) is 4.75 Å². The molecule has 0 aliphatic heterocycles. The van der Waals surface area contributed by atoms with E-state index >= 15 is 0 Å². The van der Waals surface area contributed by atoms with Gasteiger partial charge in [0, 0.05) is 0 Å². The maximum Gasteiger partial charge on any atom is 0.161 e. The third kappa shape index (κ3) is 4.91. The first-order valence-corrected chi connectivity index (χ1v) is 10.5. The van der Waals surface area contributed by atoms with E-state index in [1.165, 1.54) is 20.9 Å². The Labute approximate surface area is 158 Å². The molecule has 0 saturated carbocycles. The molecule has 2 aromatic carbocycles. The average molecular weight is 356 g/mol. The number of rotatable bonds is 2. The lowest BCUT2D eigenvalue weighted by Crippen LogP contribution is -2.29. The summed E-state index contributed by atoms with van der Waals surface area (Å²) in [5, 5.41) is 0. The van der Waals surface area contributed by atoms with Gasteiger partial charge in [0.05, 0.1) is 10.9 Å². The molecule has 0 amide bonds. The Kier molecular flexibility index (Phi) is 5.50. The van der Waals surface area contributed by atoms with Crippen LogP contribution in [0.3, 0.4) is 0 Å². The third-order valence-corrected chi connectivity index (χ3v) is 7.24. The van der Waals surface area contributed by atoms with Crippen LogP contribution in [0.15, 0.2) is 58.3 Å². The summed E-state index contributed by atoms with van der Waals surface area (Å²) in [6, 6.07) is 18.6. The summed E-state index contributed by atoms with van der Waals surface area (Å²) in [6.07, 6.45) is 0. The van der Waals surface area contributed by atoms with Gasteiger partial charge in [-0.2, -0.15) is 0 Å². The van der Waals surface area contributed by atoms with Crippen molar-refractivity contribution in [1.29, 1.82) is 0 Å². The molecule has 0 aliphatic rings. The van der Waals surface area contributed by atoms with E-state index in [2.05, 4.69) is 111 Å². The highest BCUT2D eigenvalue weighted by Gasteiger charge is 2.39. The number of hydrogen-bond donors (Lipinski definition) is 0. The van der Waals surface area contributed by atoms with E-state index in [4.69, 9.17) is 0 Å². The molecule has 0 heterocycles. The monoisotopic (exact) mass is 355 g/mol. The van der Waals surface area contributed by atoms with Crippen LogP contribution in [0.2, 0.25) is 0 Å². The first-order chi connectivity index (χ1) is 11.3. The van der Waals surface area contributed by atoms with Crippen LogP contribution in [-0.4, -0.2) is 4.75 Å². The molecule has 1 heteroatoms. The normalized spacial score (nSPS) is 13.4. The van der Waals surface area contributed by atoms with Crippen LogP contribution < -0.4 is 0 Å². The molecule has 0 bridgehead atoms. The number of hydrogen-bond acceptors (Lipinski definition) is 0. The van der Waals surface area contributed by atoms with E-state index in [1.54, 1.807) is 0 Å². The molecule has 25 heavy (non-hydrogen) atoms. The maximum absolute atomic E-state index is 2.35. The summed E-state index contributed by atoms with van der Waals surface area (Å²) in [7, 11) is 0.0613. The van der Waals surface area contributed by atoms with E-state index in [9.17, 15) is 0 Å². The minimum Gasteiger partial charge on any atom is -0.0561 e. The van der Waals surface area contributed by atoms with E-state index in [-0.39, 0.29) is 26.5 Å². The standard InChI is InChI=1S/C24H35S/c1-22(2,3)18-10-14-20(15-11-18)25(24(7,8)9)21-16-12-19(13-17-21)23(4,5)6/h10-17H,1-9H3/q+1. The topological polar surface area (TPSA) is 0 Å². The van der Waals surface area contributed by atoms with Crippen molar-refractivity contribution < 1.29 is 0 Å². The predicted molar refractivity (Wildman–Crippen MR) is 114 cm³/mol. The molecule has 0 nitrogen and oxygen atoms in total. The van der Waals surface area contributed by atoms with Crippen molar-refractivity contribution in [2.24, 2.45) is 0 Å². The Morgan fingerprint density at radius 1 is 0.480 bits per heavy atom. The van der Waals surface area contributed by atoms with Crippen LogP contribution in [0.25, 0.3) is 0 Å². The third-order valence-electron chi connectivity index (χ3n) is 4.52. The van der Waals surface area contributed by atoms with Gasteiger partial charge in [-0.15, -0.1) is 0 Å². The van der Waals surface area contributed by atoms with E-state index in [0.717, 1.165) is 0 Å². The Balaban J connectivity index is 2.44. The van der Waals surface area contributed by atoms with Crippen LogP contribution in [0.1, 0.15) is 73.4 Å². The SMILES string of the molecule is CC(C)(C)c1ccc([S+](c2ccc(C(C)(C)C)cc2)C(C)(C)C)cc1. The van der Waals surface area contributed by atoms with Crippen molar-refractivity contribution in [2.75, 3.05) is 0 Å². The Morgan fingerprint density at radius 2 is 0.760 bits per heavy atom. The Morgan fingerprint density at radius 3 is 0.960 bits per heavy atom. The molecule has 0 saturated heterocycles. The second-order valence-corrected chi connectivity index (χ2v) is 12.7. The van der Waals surface area contributed by atoms with Crippen molar-refractivity contribution in [2.45, 2.75) is 87.7 Å². The second kappa shape index (κ2) is 6.83. The lowest BCUT2D eigenvalue weighted by Gasteiger charge is -2.24. The fourth-order valence-electron chi connectivity index (χ4n) is 3.03. The highest BCUT2D eigenvalue weighted by molar-refractivity contribution is 7.98. The maximum atomic E-state index is 2.35. The molecular weight excluding hydrogens is 320 g/mol. The highest BCUT2D eigenvalue weighted by atomic mass is 32.2. The molecule has 0 radical (unpaired) electrons. The van der Waals surface area contributed by atoms with E-state index in [0.29, 0.717) is 0 Å². The van der Waals surface area contributed by atoms with Crippen molar-refractivity contribution >= 4 is 10.9 Å². The smallest absolute Gasteiger partial charge is 0.0561 e. The van der Waals surface area contributed by atoms with Gasteiger partial charge in [0.2, 0.25) is 0 Å². The molecule has 2 rings (SSSR count). The first-order valence-electron chi connectivity index (χ1n) is 9.26. The van der Waals surface area contributed by atoms with E-state index < -0.39 is 0 Å². The Hall–Kier alpha value is -1.21. The fraction of sp³-hybridized carbons (Fsp3) is 0.500. The number of benzene rings is 2. The van der Waals surface area contributed by atoms with Crippen LogP contribution in [-0.2, 0) is 21.7 Å². The van der Waals surface area contributed by atoms with Gasteiger partial charge in [-0.3, -0.25) is 0 Å². The minimum atomic E-state index is 0.0613. The molecule has 136 valence electrons. The van der Waals surface area contributed by atoms with Gasteiger partial charge in [-0.1, -0.05) is 65.8 Å². The van der Waals surface area contributed by atoms with Gasteiger partial charge < -0.3 is 0 Å². The largest absolute Gasteiger partial charge is 0.161 e. The summed E-state index contributed by atoms with van der Waals surface area (Å²) < 4.78 is 0.201. The zero-order valence-corrected chi connectivity index (χ0v) is 18.3. The molecule has 0 aliphatic carbocycles.